The van der Waals surface area contributed by atoms with Crippen LogP contribution in [-0.4, -0.2) is 96.6 Å². The van der Waals surface area contributed by atoms with Crippen molar-refractivity contribution in [3.05, 3.63) is 154 Å². The van der Waals surface area contributed by atoms with Crippen molar-refractivity contribution in [1.29, 1.82) is 0 Å². The van der Waals surface area contributed by atoms with Crippen LogP contribution in [0, 0.1) is 0 Å². The highest BCUT2D eigenvalue weighted by atomic mass is 35.5. The van der Waals surface area contributed by atoms with Crippen molar-refractivity contribution in [3.63, 3.8) is 0 Å². The largest absolute Gasteiger partial charge is 0.450 e. The molecule has 2 heterocycles. The summed E-state index contributed by atoms with van der Waals surface area (Å²) in [6.07, 6.45) is 2.29. The number of aldehydes is 1. The van der Waals surface area contributed by atoms with Crippen molar-refractivity contribution in [2.75, 3.05) is 39.4 Å². The van der Waals surface area contributed by atoms with E-state index in [1.807, 2.05) is 72.8 Å². The lowest BCUT2D eigenvalue weighted by molar-refractivity contribution is 0.0957. The molecule has 0 aliphatic carbocycles. The molecule has 0 bridgehead atoms. The third-order valence-corrected chi connectivity index (χ3v) is 15.7. The molecule has 6 aromatic rings. The number of likely N-dealkylation sites (tertiary alicyclic amines) is 2. The van der Waals surface area contributed by atoms with Gasteiger partial charge in [-0.2, -0.15) is 0 Å². The molecule has 8 rings (SSSR count). The zero-order valence-electron chi connectivity index (χ0n) is 39.7. The second-order valence-corrected chi connectivity index (χ2v) is 21.0. The summed E-state index contributed by atoms with van der Waals surface area (Å²) < 4.78 is 68.3. The smallest absolute Gasteiger partial charge is 0.409 e. The highest BCUT2D eigenvalue weighted by molar-refractivity contribution is 7.90. The van der Waals surface area contributed by atoms with Crippen LogP contribution in [0.25, 0.3) is 21.5 Å². The fourth-order valence-electron chi connectivity index (χ4n) is 8.31. The predicted octanol–water partition coefficient (Wildman–Crippen LogP) is 9.03. The second-order valence-electron chi connectivity index (χ2n) is 16.8. The van der Waals surface area contributed by atoms with Gasteiger partial charge in [0.1, 0.15) is 6.29 Å². The zero-order valence-corrected chi connectivity index (χ0v) is 42.8. The first-order valence-corrected chi connectivity index (χ1v) is 27.1. The molecule has 2 aliphatic rings. The number of fused-ring (bicyclic) bond motifs is 2. The average Bonchev–Trinajstić information content (AvgIpc) is 3.37. The number of benzene rings is 6. The summed E-state index contributed by atoms with van der Waals surface area (Å²) in [6, 6.07) is 35.8. The number of nitrogens with zero attached hydrogens (tertiary/aromatic N) is 2. The van der Waals surface area contributed by atoms with Gasteiger partial charge in [-0.1, -0.05) is 108 Å². The van der Waals surface area contributed by atoms with Gasteiger partial charge < -0.3 is 30.3 Å². The first-order valence-electron chi connectivity index (χ1n) is 23.4. The van der Waals surface area contributed by atoms with Gasteiger partial charge in [0, 0.05) is 84.3 Å². The summed E-state index contributed by atoms with van der Waals surface area (Å²) in [6.45, 7) is 7.68. The first kappa shape index (κ1) is 54.7. The Balaban J connectivity index is 0.000000202. The maximum atomic E-state index is 13.3. The molecule has 6 aromatic carbocycles. The molecule has 71 heavy (non-hydrogen) atoms. The normalized spacial score (nSPS) is 14.5. The van der Waals surface area contributed by atoms with E-state index in [1.54, 1.807) is 72.2 Å². The molecule has 0 aromatic heterocycles. The Morgan fingerprint density at radius 1 is 0.592 bits per heavy atom. The van der Waals surface area contributed by atoms with Crippen LogP contribution in [0.2, 0.25) is 10.0 Å². The summed E-state index contributed by atoms with van der Waals surface area (Å²) in [5.41, 5.74) is 9.48. The van der Waals surface area contributed by atoms with Gasteiger partial charge in [0.05, 0.1) is 23.0 Å². The molecule has 0 saturated carbocycles. The van der Waals surface area contributed by atoms with E-state index in [4.69, 9.17) is 38.4 Å². The van der Waals surface area contributed by atoms with Crippen LogP contribution in [0.1, 0.15) is 66.6 Å². The molecule has 2 aliphatic heterocycles. The number of hydrogen-bond acceptors (Lipinski definition) is 11. The van der Waals surface area contributed by atoms with E-state index in [2.05, 4.69) is 14.8 Å². The van der Waals surface area contributed by atoms with Gasteiger partial charge in [0.15, 0.2) is 0 Å². The summed E-state index contributed by atoms with van der Waals surface area (Å²) >= 11 is 11.5. The molecule has 19 heteroatoms. The maximum Gasteiger partial charge on any atom is 0.409 e. The van der Waals surface area contributed by atoms with E-state index < -0.39 is 20.0 Å². The van der Waals surface area contributed by atoms with Gasteiger partial charge in [0.2, 0.25) is 20.0 Å². The fourth-order valence-corrected chi connectivity index (χ4v) is 11.6. The van der Waals surface area contributed by atoms with Gasteiger partial charge in [-0.25, -0.2) is 35.9 Å². The van der Waals surface area contributed by atoms with Crippen molar-refractivity contribution in [2.24, 2.45) is 5.73 Å². The number of halogens is 2. The summed E-state index contributed by atoms with van der Waals surface area (Å²) in [7, 11) is -7.42. The molecule has 2 amide bonds. The zero-order chi connectivity index (χ0) is 51.0. The summed E-state index contributed by atoms with van der Waals surface area (Å²) in [5, 5.41) is 7.88. The van der Waals surface area contributed by atoms with Crippen LogP contribution in [0.3, 0.4) is 0 Å². The molecule has 0 spiro atoms. The second kappa shape index (κ2) is 26.2. The Morgan fingerprint density at radius 3 is 1.42 bits per heavy atom. The minimum atomic E-state index is -3.74. The van der Waals surface area contributed by atoms with Crippen molar-refractivity contribution in [3.8, 4) is 0 Å². The lowest BCUT2D eigenvalue weighted by Crippen LogP contribution is -2.46. The topological polar surface area (TPSA) is 207 Å². The van der Waals surface area contributed by atoms with Gasteiger partial charge in [-0.05, 0) is 103 Å². The van der Waals surface area contributed by atoms with E-state index >= 15 is 0 Å². The molecule has 2 fully saturated rings. The van der Waals surface area contributed by atoms with Crippen molar-refractivity contribution in [1.82, 2.24) is 24.6 Å². The van der Waals surface area contributed by atoms with Crippen LogP contribution in [0.4, 0.5) is 9.59 Å². The van der Waals surface area contributed by atoms with Gasteiger partial charge in [-0.15, -0.1) is 0 Å². The number of sulfonamides is 2. The number of ether oxygens (including phenoxy) is 2. The number of carbonyl (C=O) groups is 3. The number of rotatable bonds is 14. The molecule has 15 nitrogen and oxygen atoms in total. The summed E-state index contributed by atoms with van der Waals surface area (Å²) in [5.74, 6) is 0. The molecule has 5 N–H and O–H groups in total. The van der Waals surface area contributed by atoms with Crippen LogP contribution >= 0.6 is 23.2 Å². The van der Waals surface area contributed by atoms with Gasteiger partial charge in [0.25, 0.3) is 0 Å². The molecule has 2 saturated heterocycles. The fraction of sp³-hybridized carbons (Fsp3) is 0.327. The van der Waals surface area contributed by atoms with Gasteiger partial charge >= 0.3 is 12.2 Å². The Hall–Kier alpha value is -5.63. The van der Waals surface area contributed by atoms with Crippen molar-refractivity contribution >= 4 is 83.3 Å². The third kappa shape index (κ3) is 15.2. The predicted molar refractivity (Wildman–Crippen MR) is 278 cm³/mol. The molecule has 0 unspecified atom stereocenters. The highest BCUT2D eigenvalue weighted by Gasteiger charge is 2.30. The SMILES string of the molecule is CCOC(=O)N1CCC(NS(=O)(=O)c2ccc(CN)c3ccccc23)CC1.CCOC(=O)N1CCC(NS(=O)(=O)c2ccc(CNCc3ccc(Cl)cc3)c3ccccc23)CC1.O=Cc1ccc(Cl)cc1. The number of amides is 2. The Labute approximate surface area is 426 Å². The molecule has 0 atom stereocenters. The average molecular weight is 1050 g/mol. The van der Waals surface area contributed by atoms with E-state index in [-0.39, 0.29) is 34.1 Å². The Morgan fingerprint density at radius 2 is 1.00 bits per heavy atom. The number of piperidine rings is 2. The molecule has 378 valence electrons. The van der Waals surface area contributed by atoms with Crippen LogP contribution in [-0.2, 0) is 49.2 Å². The highest BCUT2D eigenvalue weighted by Crippen LogP contribution is 2.29. The minimum Gasteiger partial charge on any atom is -0.450 e. The van der Waals surface area contributed by atoms with E-state index in [9.17, 15) is 31.2 Å². The van der Waals surface area contributed by atoms with Crippen molar-refractivity contribution in [2.45, 2.75) is 81.0 Å². The van der Waals surface area contributed by atoms with E-state index in [0.717, 1.165) is 33.7 Å². The number of hydrogen-bond donors (Lipinski definition) is 4. The van der Waals surface area contributed by atoms with E-state index in [0.29, 0.717) is 111 Å². The van der Waals surface area contributed by atoms with Crippen LogP contribution in [0.15, 0.2) is 131 Å². The maximum absolute atomic E-state index is 13.3. The van der Waals surface area contributed by atoms with Crippen molar-refractivity contribution < 1.29 is 40.7 Å². The molecular formula is C52H60Cl2N6O9S2. The molecular weight excluding hydrogens is 988 g/mol. The summed E-state index contributed by atoms with van der Waals surface area (Å²) in [4.78, 5) is 37.5. The number of nitrogens with one attached hydrogen (secondary N) is 3. The van der Waals surface area contributed by atoms with Crippen LogP contribution < -0.4 is 20.5 Å². The standard InChI is InChI=1S/C26H30ClN3O4S.C19H25N3O4S.C7H5ClO/c1-2-34-26(31)30-15-13-22(14-16-30)29-35(32,33)25-12-9-20(23-5-3-4-6-24(23)25)18-28-17-19-7-10-21(27)11-8-19;1-2-26-19(23)22-11-9-15(10-12-22)21-27(24,25)18-8-7-14(13-20)16-5-3-4-6-17(16)18;8-7-3-1-6(5-9)2-4-7/h3-12,22,28-29H,2,13-18H2,1H3;3-8,15,21H,2,9-13,20H2,1H3;1-5H. The monoisotopic (exact) mass is 1050 g/mol. The Bertz CT molecular complexity index is 2970. The first-order chi connectivity index (χ1) is 34.2. The van der Waals surface area contributed by atoms with E-state index in [1.165, 1.54) is 0 Å². The van der Waals surface area contributed by atoms with Gasteiger partial charge in [-0.3, -0.25) is 4.79 Å². The minimum absolute atomic E-state index is 0.214. The Kier molecular flexibility index (Phi) is 20.2. The van der Waals surface area contributed by atoms with Crippen LogP contribution in [0.5, 0.6) is 0 Å². The number of carbonyl (C=O) groups excluding carboxylic acids is 3. The lowest BCUT2D eigenvalue weighted by atomic mass is 10.0. The quantitative estimate of drug-likeness (QED) is 0.0757. The number of nitrogens with two attached hydrogens (primary N) is 1. The third-order valence-electron chi connectivity index (χ3n) is 12.0. The lowest BCUT2D eigenvalue weighted by Gasteiger charge is -2.31. The molecule has 0 radical (unpaired) electrons.